The van der Waals surface area contributed by atoms with Gasteiger partial charge in [-0.05, 0) is 48.5 Å². The molecule has 3 nitrogen and oxygen atoms in total. The maximum atomic E-state index is 13.7. The van der Waals surface area contributed by atoms with E-state index in [1.165, 1.54) is 0 Å². The highest BCUT2D eigenvalue weighted by molar-refractivity contribution is 6.04. The zero-order valence-corrected chi connectivity index (χ0v) is 13.8. The predicted molar refractivity (Wildman–Crippen MR) is 95.2 cm³/mol. The van der Waals surface area contributed by atoms with Crippen LogP contribution in [0.5, 0.6) is 0 Å². The van der Waals surface area contributed by atoms with Gasteiger partial charge < -0.3 is 10.2 Å². The fourth-order valence-corrected chi connectivity index (χ4v) is 2.47. The molecule has 0 aromatic heterocycles. The number of nitrogens with one attached hydrogen (secondary N) is 1. The van der Waals surface area contributed by atoms with Crippen LogP contribution in [0.15, 0.2) is 66.7 Å². The SMILES string of the molecule is CN(c1ccccc1)c1ccc(NC(=O)c2ccc(F)c(F)c2F)cc1. The number of nitrogens with zero attached hydrogens (tertiary/aromatic N) is 1. The summed E-state index contributed by atoms with van der Waals surface area (Å²) in [6.07, 6.45) is 0. The highest BCUT2D eigenvalue weighted by Crippen LogP contribution is 2.25. The van der Waals surface area contributed by atoms with Gasteiger partial charge in [0.05, 0.1) is 5.56 Å². The number of benzene rings is 3. The first-order valence-corrected chi connectivity index (χ1v) is 7.81. The number of amides is 1. The minimum absolute atomic E-state index is 0.407. The fraction of sp³-hybridized carbons (Fsp3) is 0.0500. The quantitative estimate of drug-likeness (QED) is 0.658. The Morgan fingerprint density at radius 3 is 2.08 bits per heavy atom. The maximum absolute atomic E-state index is 13.7. The molecule has 1 amide bonds. The molecule has 0 spiro atoms. The zero-order chi connectivity index (χ0) is 18.7. The second-order valence-corrected chi connectivity index (χ2v) is 5.62. The van der Waals surface area contributed by atoms with Crippen LogP contribution in [-0.4, -0.2) is 13.0 Å². The first-order chi connectivity index (χ1) is 12.5. The Balaban J connectivity index is 1.75. The molecular weight excluding hydrogens is 341 g/mol. The van der Waals surface area contributed by atoms with Crippen LogP contribution in [0.2, 0.25) is 0 Å². The highest BCUT2D eigenvalue weighted by Gasteiger charge is 2.18. The van der Waals surface area contributed by atoms with E-state index in [1.807, 2.05) is 42.3 Å². The molecule has 0 aliphatic rings. The first-order valence-electron chi connectivity index (χ1n) is 7.81. The summed E-state index contributed by atoms with van der Waals surface area (Å²) in [6, 6.07) is 18.2. The molecule has 0 unspecified atom stereocenters. The van der Waals surface area contributed by atoms with Gasteiger partial charge in [-0.25, -0.2) is 13.2 Å². The van der Waals surface area contributed by atoms with E-state index in [4.69, 9.17) is 0 Å². The third kappa shape index (κ3) is 3.54. The predicted octanol–water partition coefficient (Wildman–Crippen LogP) is 5.12. The first kappa shape index (κ1) is 17.5. The lowest BCUT2D eigenvalue weighted by atomic mass is 10.1. The summed E-state index contributed by atoms with van der Waals surface area (Å²) in [6.45, 7) is 0. The van der Waals surface area contributed by atoms with Crippen molar-refractivity contribution in [1.29, 1.82) is 0 Å². The van der Waals surface area contributed by atoms with Gasteiger partial charge in [-0.15, -0.1) is 0 Å². The Morgan fingerprint density at radius 2 is 1.42 bits per heavy atom. The Labute approximate surface area is 148 Å². The minimum Gasteiger partial charge on any atom is -0.345 e. The minimum atomic E-state index is -1.67. The summed E-state index contributed by atoms with van der Waals surface area (Å²) in [7, 11) is 1.90. The number of rotatable bonds is 4. The zero-order valence-electron chi connectivity index (χ0n) is 13.8. The number of halogens is 3. The second-order valence-electron chi connectivity index (χ2n) is 5.62. The van der Waals surface area contributed by atoms with Crippen molar-refractivity contribution < 1.29 is 18.0 Å². The molecule has 0 saturated heterocycles. The van der Waals surface area contributed by atoms with Gasteiger partial charge in [0.1, 0.15) is 0 Å². The largest absolute Gasteiger partial charge is 0.345 e. The summed E-state index contributed by atoms with van der Waals surface area (Å²) < 4.78 is 39.9. The van der Waals surface area contributed by atoms with Crippen LogP contribution in [-0.2, 0) is 0 Å². The molecule has 0 atom stereocenters. The van der Waals surface area contributed by atoms with E-state index >= 15 is 0 Å². The Bertz CT molecular complexity index is 928. The lowest BCUT2D eigenvalue weighted by Gasteiger charge is -2.19. The number of para-hydroxylation sites is 1. The van der Waals surface area contributed by atoms with Gasteiger partial charge in [0.15, 0.2) is 17.5 Å². The van der Waals surface area contributed by atoms with Crippen molar-refractivity contribution in [3.05, 3.63) is 89.7 Å². The molecule has 6 heteroatoms. The molecule has 0 radical (unpaired) electrons. The van der Waals surface area contributed by atoms with E-state index in [2.05, 4.69) is 5.32 Å². The number of hydrogen-bond donors (Lipinski definition) is 1. The number of anilines is 3. The summed E-state index contributed by atoms with van der Waals surface area (Å²) in [4.78, 5) is 14.0. The van der Waals surface area contributed by atoms with Gasteiger partial charge in [-0.1, -0.05) is 18.2 Å². The van der Waals surface area contributed by atoms with Crippen molar-refractivity contribution in [2.45, 2.75) is 0 Å². The molecule has 0 fully saturated rings. The van der Waals surface area contributed by atoms with E-state index in [0.717, 1.165) is 17.4 Å². The average molecular weight is 356 g/mol. The van der Waals surface area contributed by atoms with Crippen molar-refractivity contribution in [3.63, 3.8) is 0 Å². The Hall–Kier alpha value is -3.28. The smallest absolute Gasteiger partial charge is 0.258 e. The average Bonchev–Trinajstić information content (AvgIpc) is 2.67. The van der Waals surface area contributed by atoms with Gasteiger partial charge >= 0.3 is 0 Å². The lowest BCUT2D eigenvalue weighted by molar-refractivity contribution is 0.102. The van der Waals surface area contributed by atoms with Gasteiger partial charge in [-0.3, -0.25) is 4.79 Å². The molecule has 0 bridgehead atoms. The fourth-order valence-electron chi connectivity index (χ4n) is 2.47. The van der Waals surface area contributed by atoms with Crippen LogP contribution in [0.3, 0.4) is 0 Å². The van der Waals surface area contributed by atoms with E-state index in [0.29, 0.717) is 11.8 Å². The molecule has 0 aliphatic carbocycles. The topological polar surface area (TPSA) is 32.3 Å². The van der Waals surface area contributed by atoms with Crippen LogP contribution in [0.1, 0.15) is 10.4 Å². The number of carbonyl (C=O) groups is 1. The lowest BCUT2D eigenvalue weighted by Crippen LogP contribution is -2.15. The molecule has 132 valence electrons. The van der Waals surface area contributed by atoms with Crippen LogP contribution in [0, 0.1) is 17.5 Å². The molecule has 3 rings (SSSR count). The highest BCUT2D eigenvalue weighted by atomic mass is 19.2. The van der Waals surface area contributed by atoms with Gasteiger partial charge in [-0.2, -0.15) is 0 Å². The summed E-state index contributed by atoms with van der Waals surface area (Å²) in [5.41, 5.74) is 1.72. The van der Waals surface area contributed by atoms with Crippen LogP contribution < -0.4 is 10.2 Å². The molecule has 3 aromatic rings. The summed E-state index contributed by atoms with van der Waals surface area (Å²) in [5.74, 6) is -5.38. The Morgan fingerprint density at radius 1 is 0.808 bits per heavy atom. The second kappa shape index (κ2) is 7.31. The molecule has 0 saturated carbocycles. The van der Waals surface area contributed by atoms with E-state index in [9.17, 15) is 18.0 Å². The molecular formula is C20H15F3N2O. The van der Waals surface area contributed by atoms with Crippen LogP contribution in [0.25, 0.3) is 0 Å². The monoisotopic (exact) mass is 356 g/mol. The van der Waals surface area contributed by atoms with E-state index < -0.39 is 28.9 Å². The third-order valence-corrected chi connectivity index (χ3v) is 3.94. The molecule has 0 aliphatic heterocycles. The molecule has 26 heavy (non-hydrogen) atoms. The normalized spacial score (nSPS) is 10.5. The number of carbonyl (C=O) groups excluding carboxylic acids is 1. The van der Waals surface area contributed by atoms with Crippen molar-refractivity contribution in [3.8, 4) is 0 Å². The maximum Gasteiger partial charge on any atom is 0.258 e. The van der Waals surface area contributed by atoms with Gasteiger partial charge in [0.25, 0.3) is 5.91 Å². The van der Waals surface area contributed by atoms with Gasteiger partial charge in [0, 0.05) is 24.1 Å². The van der Waals surface area contributed by atoms with Crippen molar-refractivity contribution in [2.24, 2.45) is 0 Å². The van der Waals surface area contributed by atoms with Crippen LogP contribution in [0.4, 0.5) is 30.2 Å². The van der Waals surface area contributed by atoms with Crippen molar-refractivity contribution in [1.82, 2.24) is 0 Å². The van der Waals surface area contributed by atoms with Crippen molar-refractivity contribution >= 4 is 23.0 Å². The molecule has 0 heterocycles. The van der Waals surface area contributed by atoms with Crippen molar-refractivity contribution in [2.75, 3.05) is 17.3 Å². The Kier molecular flexibility index (Phi) is 4.93. The van der Waals surface area contributed by atoms with E-state index in [1.54, 1.807) is 24.3 Å². The summed E-state index contributed by atoms with van der Waals surface area (Å²) >= 11 is 0. The standard InChI is InChI=1S/C20H15F3N2O/c1-25(14-5-3-2-4-6-14)15-9-7-13(8-10-15)24-20(26)16-11-12-17(21)19(23)18(16)22/h2-12H,1H3,(H,24,26). The number of hydrogen-bond acceptors (Lipinski definition) is 2. The van der Waals surface area contributed by atoms with E-state index in [-0.39, 0.29) is 0 Å². The summed E-state index contributed by atoms with van der Waals surface area (Å²) in [5, 5.41) is 2.47. The molecule has 1 N–H and O–H groups in total. The molecule has 3 aromatic carbocycles. The van der Waals surface area contributed by atoms with Gasteiger partial charge in [0.2, 0.25) is 0 Å². The van der Waals surface area contributed by atoms with Crippen LogP contribution >= 0.6 is 0 Å². The third-order valence-electron chi connectivity index (χ3n) is 3.94.